The third-order valence-corrected chi connectivity index (χ3v) is 6.03. The molecule has 2 saturated carbocycles. The lowest BCUT2D eigenvalue weighted by Gasteiger charge is -2.10. The quantitative estimate of drug-likeness (QED) is 0.903. The van der Waals surface area contributed by atoms with Gasteiger partial charge in [0.25, 0.3) is 0 Å². The Balaban J connectivity index is 1.52. The van der Waals surface area contributed by atoms with E-state index in [1.54, 1.807) is 0 Å². The Morgan fingerprint density at radius 2 is 1.96 bits per heavy atom. The molecule has 7 heteroatoms. The molecule has 1 aliphatic heterocycles. The van der Waals surface area contributed by atoms with Gasteiger partial charge in [-0.25, -0.2) is 4.98 Å². The van der Waals surface area contributed by atoms with Crippen molar-refractivity contribution in [2.24, 2.45) is 17.8 Å². The van der Waals surface area contributed by atoms with E-state index in [4.69, 9.17) is 4.98 Å². The predicted molar refractivity (Wildman–Crippen MR) is 90.5 cm³/mol. The smallest absolute Gasteiger partial charge is 0.331 e. The second kappa shape index (κ2) is 5.55. The highest BCUT2D eigenvalue weighted by molar-refractivity contribution is 5.59. The fraction of sp³-hybridized carbons (Fsp3) is 0.579. The Kier molecular flexibility index (Phi) is 3.48. The van der Waals surface area contributed by atoms with Crippen LogP contribution in [0.5, 0.6) is 0 Å². The van der Waals surface area contributed by atoms with Gasteiger partial charge in [0.15, 0.2) is 0 Å². The van der Waals surface area contributed by atoms with Gasteiger partial charge in [0.2, 0.25) is 0 Å². The number of nitrogens with one attached hydrogen (secondary N) is 1. The average Bonchev–Trinajstić information content (AvgIpc) is 3.42. The monoisotopic (exact) mass is 362 g/mol. The van der Waals surface area contributed by atoms with E-state index in [0.717, 1.165) is 25.3 Å². The second-order valence-electron chi connectivity index (χ2n) is 7.93. The van der Waals surface area contributed by atoms with Gasteiger partial charge in [-0.2, -0.15) is 13.2 Å². The van der Waals surface area contributed by atoms with Crippen molar-refractivity contribution in [3.05, 3.63) is 35.5 Å². The predicted octanol–water partition coefficient (Wildman–Crippen LogP) is 3.62. The molecule has 3 atom stereocenters. The van der Waals surface area contributed by atoms with Crippen LogP contribution in [0.3, 0.4) is 0 Å². The summed E-state index contributed by atoms with van der Waals surface area (Å²) in [6, 6.07) is 1.64. The van der Waals surface area contributed by atoms with E-state index >= 15 is 0 Å². The standard InChI is InChI=1S/C19H21F3N4/c1-10-15(19(20,21)22)5-12(6-24-10)16-9-26(17(25-16)4-11-2-3-11)18-13-7-23-8-14(13)18/h5-6,9,11,13-14,18,23H,2-4,7-8H2,1H3/t13-,14+,18?. The van der Waals surface area contributed by atoms with Gasteiger partial charge in [0.05, 0.1) is 11.3 Å². The zero-order valence-corrected chi connectivity index (χ0v) is 14.6. The number of rotatable bonds is 4. The normalized spacial score (nSPS) is 27.6. The molecule has 1 unspecified atom stereocenters. The Morgan fingerprint density at radius 3 is 2.62 bits per heavy atom. The van der Waals surface area contributed by atoms with Crippen LogP contribution in [0.2, 0.25) is 0 Å². The number of halogens is 3. The molecule has 26 heavy (non-hydrogen) atoms. The zero-order valence-electron chi connectivity index (χ0n) is 14.6. The summed E-state index contributed by atoms with van der Waals surface area (Å²) in [5, 5.41) is 3.39. The summed E-state index contributed by atoms with van der Waals surface area (Å²) in [7, 11) is 0. The molecule has 1 saturated heterocycles. The summed E-state index contributed by atoms with van der Waals surface area (Å²) in [5.41, 5.74) is 0.377. The van der Waals surface area contributed by atoms with Crippen LogP contribution in [0.25, 0.3) is 11.3 Å². The number of imidazole rings is 1. The van der Waals surface area contributed by atoms with Crippen molar-refractivity contribution in [3.63, 3.8) is 0 Å². The SMILES string of the molecule is Cc1ncc(-c2cn(C3[C@H]4CNC[C@@H]34)c(CC3CC3)n2)cc1C(F)(F)F. The van der Waals surface area contributed by atoms with E-state index < -0.39 is 11.7 Å². The lowest BCUT2D eigenvalue weighted by atomic mass is 10.1. The molecular formula is C19H21F3N4. The fourth-order valence-corrected chi connectivity index (χ4v) is 4.32. The topological polar surface area (TPSA) is 42.7 Å². The maximum atomic E-state index is 13.2. The van der Waals surface area contributed by atoms with Gasteiger partial charge in [-0.15, -0.1) is 0 Å². The van der Waals surface area contributed by atoms with Gasteiger partial charge in [-0.3, -0.25) is 4.98 Å². The number of hydrogen-bond acceptors (Lipinski definition) is 3. The molecule has 0 radical (unpaired) electrons. The first-order valence-corrected chi connectivity index (χ1v) is 9.24. The summed E-state index contributed by atoms with van der Waals surface area (Å²) in [5.74, 6) is 2.98. The van der Waals surface area contributed by atoms with Crippen LogP contribution in [0.1, 0.15) is 36.0 Å². The third kappa shape index (κ3) is 2.73. The molecule has 2 aromatic rings. The van der Waals surface area contributed by atoms with Crippen LogP contribution in [-0.2, 0) is 12.6 Å². The number of hydrogen-bond donors (Lipinski definition) is 1. The molecular weight excluding hydrogens is 341 g/mol. The van der Waals surface area contributed by atoms with Gasteiger partial charge < -0.3 is 9.88 Å². The molecule has 3 aliphatic rings. The van der Waals surface area contributed by atoms with Gasteiger partial charge in [0.1, 0.15) is 5.82 Å². The minimum atomic E-state index is -4.40. The summed E-state index contributed by atoms with van der Waals surface area (Å²) in [6.45, 7) is 3.44. The first-order valence-electron chi connectivity index (χ1n) is 9.24. The van der Waals surface area contributed by atoms with Crippen LogP contribution in [-0.4, -0.2) is 27.6 Å². The molecule has 1 N–H and O–H groups in total. The number of pyridine rings is 1. The van der Waals surface area contributed by atoms with Crippen LogP contribution in [0.15, 0.2) is 18.5 Å². The number of fused-ring (bicyclic) bond motifs is 1. The van der Waals surface area contributed by atoms with Crippen LogP contribution in [0.4, 0.5) is 13.2 Å². The Labute approximate surface area is 149 Å². The molecule has 138 valence electrons. The molecule has 0 aromatic carbocycles. The molecule has 0 bridgehead atoms. The van der Waals surface area contributed by atoms with E-state index in [0.29, 0.717) is 35.1 Å². The molecule has 2 aliphatic carbocycles. The largest absolute Gasteiger partial charge is 0.418 e. The van der Waals surface area contributed by atoms with E-state index in [2.05, 4.69) is 14.9 Å². The highest BCUT2D eigenvalue weighted by atomic mass is 19.4. The summed E-state index contributed by atoms with van der Waals surface area (Å²) < 4.78 is 41.9. The maximum absolute atomic E-state index is 13.2. The van der Waals surface area contributed by atoms with Crippen LogP contribution < -0.4 is 5.32 Å². The molecule has 2 aromatic heterocycles. The molecule has 0 amide bonds. The number of nitrogens with zero attached hydrogens (tertiary/aromatic N) is 3. The van der Waals surface area contributed by atoms with Crippen molar-refractivity contribution < 1.29 is 13.2 Å². The number of piperidine rings is 1. The van der Waals surface area contributed by atoms with Crippen molar-refractivity contribution in [2.45, 2.75) is 38.4 Å². The third-order valence-electron chi connectivity index (χ3n) is 6.03. The Bertz CT molecular complexity index is 843. The lowest BCUT2D eigenvalue weighted by Crippen LogP contribution is -2.17. The minimum Gasteiger partial charge on any atom is -0.331 e. The highest BCUT2D eigenvalue weighted by Crippen LogP contribution is 2.53. The van der Waals surface area contributed by atoms with Gasteiger partial charge >= 0.3 is 6.18 Å². The Hall–Kier alpha value is -1.89. The van der Waals surface area contributed by atoms with Gasteiger partial charge in [-0.1, -0.05) is 0 Å². The van der Waals surface area contributed by atoms with Crippen molar-refractivity contribution in [3.8, 4) is 11.3 Å². The van der Waals surface area contributed by atoms with Crippen molar-refractivity contribution >= 4 is 0 Å². The summed E-state index contributed by atoms with van der Waals surface area (Å²) in [6.07, 6.45) is 2.44. The maximum Gasteiger partial charge on any atom is 0.418 e. The second-order valence-corrected chi connectivity index (χ2v) is 7.93. The minimum absolute atomic E-state index is 0.00156. The molecule has 3 heterocycles. The molecule has 0 spiro atoms. The van der Waals surface area contributed by atoms with E-state index in [1.807, 2.05) is 6.20 Å². The van der Waals surface area contributed by atoms with E-state index in [1.165, 1.54) is 32.0 Å². The number of alkyl halides is 3. The first kappa shape index (κ1) is 16.3. The summed E-state index contributed by atoms with van der Waals surface area (Å²) >= 11 is 0. The average molecular weight is 362 g/mol. The van der Waals surface area contributed by atoms with Crippen molar-refractivity contribution in [1.82, 2.24) is 19.9 Å². The first-order chi connectivity index (χ1) is 12.4. The van der Waals surface area contributed by atoms with Gasteiger partial charge in [-0.05, 0) is 43.6 Å². The van der Waals surface area contributed by atoms with E-state index in [9.17, 15) is 13.2 Å². The Morgan fingerprint density at radius 1 is 1.23 bits per heavy atom. The molecule has 3 fully saturated rings. The van der Waals surface area contributed by atoms with Crippen LogP contribution in [0, 0.1) is 24.7 Å². The molecule has 4 nitrogen and oxygen atoms in total. The van der Waals surface area contributed by atoms with Crippen LogP contribution >= 0.6 is 0 Å². The summed E-state index contributed by atoms with van der Waals surface area (Å²) in [4.78, 5) is 8.71. The van der Waals surface area contributed by atoms with Crippen molar-refractivity contribution in [2.75, 3.05) is 13.1 Å². The van der Waals surface area contributed by atoms with E-state index in [-0.39, 0.29) is 5.69 Å². The fourth-order valence-electron chi connectivity index (χ4n) is 4.32. The number of aromatic nitrogens is 3. The highest BCUT2D eigenvalue weighted by Gasteiger charge is 2.54. The van der Waals surface area contributed by atoms with Crippen molar-refractivity contribution in [1.29, 1.82) is 0 Å². The van der Waals surface area contributed by atoms with Gasteiger partial charge in [0, 0.05) is 49.2 Å². The number of aryl methyl sites for hydroxylation is 1. The zero-order chi connectivity index (χ0) is 18.1. The molecule has 5 rings (SSSR count). The lowest BCUT2D eigenvalue weighted by molar-refractivity contribution is -0.138.